The average molecular weight is 584 g/mol. The molecule has 0 radical (unpaired) electrons. The van der Waals surface area contributed by atoms with Crippen LogP contribution in [0.3, 0.4) is 0 Å². The Hall–Kier alpha value is -3.35. The molecule has 38 heavy (non-hydrogen) atoms. The van der Waals surface area contributed by atoms with E-state index >= 15 is 0 Å². The fourth-order valence-electron chi connectivity index (χ4n) is 5.18. The number of halogens is 2. The first-order valence-corrected chi connectivity index (χ1v) is 13.1. The number of ether oxygens (including phenoxy) is 3. The van der Waals surface area contributed by atoms with Crippen molar-refractivity contribution in [2.24, 2.45) is 11.1 Å². The molecule has 0 aromatic heterocycles. The van der Waals surface area contributed by atoms with Crippen molar-refractivity contribution in [2.45, 2.75) is 39.2 Å². The highest BCUT2D eigenvalue weighted by atomic mass is 79.9. The van der Waals surface area contributed by atoms with E-state index in [1.807, 2.05) is 11.0 Å². The number of nitriles is 1. The number of hydrogen-bond acceptors (Lipinski definition) is 7. The number of Topliss-reactive ketones (excluding diaryl/α,β-unsaturated/α-hetero) is 1. The van der Waals surface area contributed by atoms with E-state index in [0.717, 1.165) is 5.70 Å². The summed E-state index contributed by atoms with van der Waals surface area (Å²) in [5.41, 5.74) is 9.39. The number of carbonyl (C=O) groups excluding carboxylic acids is 1. The van der Waals surface area contributed by atoms with Crippen LogP contribution in [0, 0.1) is 22.6 Å². The lowest BCUT2D eigenvalue weighted by Gasteiger charge is -2.43. The third-order valence-corrected chi connectivity index (χ3v) is 7.45. The van der Waals surface area contributed by atoms with Gasteiger partial charge in [-0.2, -0.15) is 5.26 Å². The molecule has 200 valence electrons. The average Bonchev–Trinajstić information content (AvgIpc) is 2.86. The van der Waals surface area contributed by atoms with E-state index in [0.29, 0.717) is 70.1 Å². The second kappa shape index (κ2) is 11.2. The summed E-state index contributed by atoms with van der Waals surface area (Å²) < 4.78 is 31.1. The van der Waals surface area contributed by atoms with Crippen LogP contribution in [0.2, 0.25) is 0 Å². The molecular formula is C29H31BrFN3O4. The second-order valence-electron chi connectivity index (χ2n) is 10.2. The molecular weight excluding hydrogens is 553 g/mol. The zero-order valence-corrected chi connectivity index (χ0v) is 23.5. The molecule has 4 rings (SSSR count). The van der Waals surface area contributed by atoms with E-state index in [-0.39, 0.29) is 23.6 Å². The highest BCUT2D eigenvalue weighted by molar-refractivity contribution is 9.10. The summed E-state index contributed by atoms with van der Waals surface area (Å²) in [6, 6.07) is 12.0. The van der Waals surface area contributed by atoms with Crippen LogP contribution in [0.5, 0.6) is 11.5 Å². The van der Waals surface area contributed by atoms with Crippen LogP contribution in [0.15, 0.2) is 63.5 Å². The second-order valence-corrected chi connectivity index (χ2v) is 11.1. The fourth-order valence-corrected chi connectivity index (χ4v) is 5.75. The van der Waals surface area contributed by atoms with Gasteiger partial charge >= 0.3 is 0 Å². The van der Waals surface area contributed by atoms with E-state index < -0.39 is 5.92 Å². The Kier molecular flexibility index (Phi) is 8.14. The first-order valence-electron chi connectivity index (χ1n) is 12.3. The van der Waals surface area contributed by atoms with Gasteiger partial charge in [-0.3, -0.25) is 4.79 Å². The van der Waals surface area contributed by atoms with Gasteiger partial charge in [-0.15, -0.1) is 0 Å². The lowest BCUT2D eigenvalue weighted by atomic mass is 9.68. The Bertz CT molecular complexity index is 1360. The number of nitrogens with two attached hydrogens (primary N) is 1. The van der Waals surface area contributed by atoms with Crippen molar-refractivity contribution in [3.8, 4) is 17.6 Å². The molecule has 9 heteroatoms. The number of allylic oxidation sites excluding steroid dienone is 3. The summed E-state index contributed by atoms with van der Waals surface area (Å²) in [5, 5.41) is 10.2. The van der Waals surface area contributed by atoms with Crippen LogP contribution in [-0.4, -0.2) is 38.1 Å². The number of rotatable bonds is 8. The first kappa shape index (κ1) is 27.7. The highest BCUT2D eigenvalue weighted by Crippen LogP contribution is 2.50. The molecule has 2 aromatic rings. The minimum Gasteiger partial charge on any atom is -0.493 e. The Labute approximate surface area is 230 Å². The predicted molar refractivity (Wildman–Crippen MR) is 145 cm³/mol. The normalized spacial score (nSPS) is 18.8. The van der Waals surface area contributed by atoms with Crippen LogP contribution in [0.4, 0.5) is 4.39 Å². The third kappa shape index (κ3) is 5.42. The van der Waals surface area contributed by atoms with Gasteiger partial charge in [0.25, 0.3) is 0 Å². The van der Waals surface area contributed by atoms with E-state index in [9.17, 15) is 14.4 Å². The number of nitrogens with zero attached hydrogens (tertiary/aromatic N) is 2. The Balaban J connectivity index is 1.80. The minimum atomic E-state index is -0.653. The largest absolute Gasteiger partial charge is 0.493 e. The smallest absolute Gasteiger partial charge is 0.175 e. The van der Waals surface area contributed by atoms with Gasteiger partial charge < -0.3 is 24.8 Å². The molecule has 0 amide bonds. The van der Waals surface area contributed by atoms with Crippen LogP contribution < -0.4 is 15.2 Å². The topological polar surface area (TPSA) is 97.8 Å². The summed E-state index contributed by atoms with van der Waals surface area (Å²) >= 11 is 3.58. The molecule has 1 heterocycles. The maximum Gasteiger partial charge on any atom is 0.175 e. The van der Waals surface area contributed by atoms with Gasteiger partial charge in [0.2, 0.25) is 0 Å². The van der Waals surface area contributed by atoms with Crippen LogP contribution in [0.25, 0.3) is 0 Å². The summed E-state index contributed by atoms with van der Waals surface area (Å²) in [5.74, 6) is 0.153. The van der Waals surface area contributed by atoms with E-state index in [1.54, 1.807) is 25.3 Å². The van der Waals surface area contributed by atoms with E-state index in [4.69, 9.17) is 19.9 Å². The quantitative estimate of drug-likeness (QED) is 0.434. The van der Waals surface area contributed by atoms with Gasteiger partial charge in [0.1, 0.15) is 18.2 Å². The summed E-state index contributed by atoms with van der Waals surface area (Å²) in [6.45, 7) is 5.07. The fraction of sp³-hybridized carbons (Fsp3) is 0.379. The molecule has 2 aromatic carbocycles. The van der Waals surface area contributed by atoms with Crippen molar-refractivity contribution >= 4 is 21.7 Å². The first-order chi connectivity index (χ1) is 18.1. The minimum absolute atomic E-state index is 0.00885. The number of methoxy groups -OCH3 is 2. The van der Waals surface area contributed by atoms with Gasteiger partial charge in [-0.1, -0.05) is 26.0 Å². The third-order valence-electron chi connectivity index (χ3n) is 6.86. The zero-order valence-electron chi connectivity index (χ0n) is 21.9. The number of hydrogen-bond donors (Lipinski definition) is 1. The summed E-state index contributed by atoms with van der Waals surface area (Å²) in [7, 11) is 3.12. The van der Waals surface area contributed by atoms with Crippen molar-refractivity contribution in [3.05, 3.63) is 80.5 Å². The monoisotopic (exact) mass is 583 g/mol. The van der Waals surface area contributed by atoms with Crippen molar-refractivity contribution in [2.75, 3.05) is 27.4 Å². The van der Waals surface area contributed by atoms with Crippen molar-refractivity contribution in [1.82, 2.24) is 4.90 Å². The van der Waals surface area contributed by atoms with E-state index in [1.165, 1.54) is 19.2 Å². The van der Waals surface area contributed by atoms with Gasteiger partial charge in [-0.05, 0) is 63.2 Å². The van der Waals surface area contributed by atoms with Gasteiger partial charge in [-0.25, -0.2) is 4.39 Å². The van der Waals surface area contributed by atoms with Gasteiger partial charge in [0, 0.05) is 31.3 Å². The standard InChI is InChI=1S/C29H31BrFN3O4/c1-29(2)13-22-26(23(35)14-29)25(20(15-32)28(33)34(22)8-9-36-3)18-11-21(30)27(24(12-18)37-4)38-16-17-6-5-7-19(31)10-17/h5-7,10-12,25H,8-9,13-14,16,33H2,1-4H3/t25-/m0/s1. The maximum absolute atomic E-state index is 13.6. The predicted octanol–water partition coefficient (Wildman–Crippen LogP) is 5.56. The van der Waals surface area contributed by atoms with Crippen molar-refractivity contribution in [3.63, 3.8) is 0 Å². The molecule has 2 aliphatic rings. The van der Waals surface area contributed by atoms with Crippen LogP contribution in [-0.2, 0) is 16.1 Å². The molecule has 0 saturated carbocycles. The van der Waals surface area contributed by atoms with Crippen molar-refractivity contribution in [1.29, 1.82) is 5.26 Å². The molecule has 1 atom stereocenters. The van der Waals surface area contributed by atoms with Gasteiger partial charge in [0.15, 0.2) is 17.3 Å². The Morgan fingerprint density at radius 1 is 1.24 bits per heavy atom. The molecule has 0 saturated heterocycles. The molecule has 1 aliphatic carbocycles. The Morgan fingerprint density at radius 3 is 2.66 bits per heavy atom. The molecule has 2 N–H and O–H groups in total. The zero-order chi connectivity index (χ0) is 27.6. The molecule has 0 spiro atoms. The van der Waals surface area contributed by atoms with Crippen LogP contribution in [0.1, 0.15) is 43.7 Å². The molecule has 0 fully saturated rings. The van der Waals surface area contributed by atoms with Crippen molar-refractivity contribution < 1.29 is 23.4 Å². The lowest BCUT2D eigenvalue weighted by Crippen LogP contribution is -2.43. The number of carbonyl (C=O) groups is 1. The summed E-state index contributed by atoms with van der Waals surface area (Å²) in [6.07, 6.45) is 1.01. The Morgan fingerprint density at radius 2 is 2.00 bits per heavy atom. The highest BCUT2D eigenvalue weighted by Gasteiger charge is 2.44. The van der Waals surface area contributed by atoms with Gasteiger partial charge in [0.05, 0.1) is 35.7 Å². The lowest BCUT2D eigenvalue weighted by molar-refractivity contribution is -0.118. The van der Waals surface area contributed by atoms with E-state index in [2.05, 4.69) is 35.8 Å². The SMILES string of the molecule is COCCN1C(N)=C(C#N)[C@H](c2cc(Br)c(OCc3cccc(F)c3)c(OC)c2)C2=C1CC(C)(C)CC2=O. The molecule has 0 unspecified atom stereocenters. The maximum atomic E-state index is 13.6. The van der Waals surface area contributed by atoms with Crippen LogP contribution >= 0.6 is 15.9 Å². The molecule has 0 bridgehead atoms. The molecule has 7 nitrogen and oxygen atoms in total. The number of ketones is 1. The molecule has 1 aliphatic heterocycles. The number of benzene rings is 2. The summed E-state index contributed by atoms with van der Waals surface area (Å²) in [4.78, 5) is 15.5.